The quantitative estimate of drug-likeness (QED) is 0.463. The first-order chi connectivity index (χ1) is 4.36. The zero-order valence-corrected chi connectivity index (χ0v) is 5.72. The van der Waals surface area contributed by atoms with Crippen LogP contribution in [0.5, 0.6) is 0 Å². The molecule has 1 saturated carbocycles. The molecular weight excluding hydrogens is 110 g/mol. The second-order valence-corrected chi connectivity index (χ2v) is 3.03. The molecule has 1 heteroatoms. The monoisotopic (exact) mass is 121 g/mol. The Hall–Kier alpha value is -0.590. The average molecular weight is 121 g/mol. The fourth-order valence-electron chi connectivity index (χ4n) is 1.66. The highest BCUT2D eigenvalue weighted by atomic mass is 14.8. The Balaban J connectivity index is 2.28. The lowest BCUT2D eigenvalue weighted by Gasteiger charge is -1.93. The molecule has 0 spiro atoms. The molecule has 0 radical (unpaired) electrons. The van der Waals surface area contributed by atoms with E-state index in [2.05, 4.69) is 18.0 Å². The van der Waals surface area contributed by atoms with Gasteiger partial charge in [0.1, 0.15) is 0 Å². The summed E-state index contributed by atoms with van der Waals surface area (Å²) in [5.74, 6) is 0.857. The summed E-state index contributed by atoms with van der Waals surface area (Å²) in [4.78, 5) is 4.37. The lowest BCUT2D eigenvalue weighted by atomic mass is 10.1. The third-order valence-corrected chi connectivity index (χ3v) is 2.10. The van der Waals surface area contributed by atoms with Crippen molar-refractivity contribution in [2.45, 2.75) is 19.8 Å². The van der Waals surface area contributed by atoms with Gasteiger partial charge in [0, 0.05) is 5.71 Å². The van der Waals surface area contributed by atoms with Gasteiger partial charge in [-0.25, -0.2) is 0 Å². The van der Waals surface area contributed by atoms with E-state index < -0.39 is 0 Å². The van der Waals surface area contributed by atoms with Crippen molar-refractivity contribution in [1.82, 2.24) is 0 Å². The minimum Gasteiger partial charge on any atom is -0.285 e. The normalized spacial score (nSPS) is 31.9. The van der Waals surface area contributed by atoms with Crippen LogP contribution in [0.25, 0.3) is 0 Å². The summed E-state index contributed by atoms with van der Waals surface area (Å²) >= 11 is 0. The maximum Gasteiger partial charge on any atom is 0.0580 e. The molecule has 48 valence electrons. The van der Waals surface area contributed by atoms with Gasteiger partial charge in [0.2, 0.25) is 0 Å². The minimum atomic E-state index is 0.857. The van der Waals surface area contributed by atoms with Crippen LogP contribution < -0.4 is 0 Å². The lowest BCUT2D eigenvalue weighted by Crippen LogP contribution is -1.88. The molecule has 9 heavy (non-hydrogen) atoms. The van der Waals surface area contributed by atoms with Crippen molar-refractivity contribution in [3.8, 4) is 0 Å². The Morgan fingerprint density at radius 3 is 3.22 bits per heavy atom. The van der Waals surface area contributed by atoms with Crippen LogP contribution in [0, 0.1) is 5.92 Å². The third-order valence-electron chi connectivity index (χ3n) is 2.10. The zero-order chi connectivity index (χ0) is 6.27. The first-order valence-electron chi connectivity index (χ1n) is 3.59. The number of allylic oxidation sites excluding steroid dienone is 1. The van der Waals surface area contributed by atoms with Crippen molar-refractivity contribution in [3.05, 3.63) is 11.6 Å². The Bertz CT molecular complexity index is 169. The standard InChI is InChI=1S/C8H11N/c1-6-4-7-2-3-9-8(7)5-6/h2,6H,3-5H2,1H3. The molecule has 1 nitrogen and oxygen atoms in total. The predicted octanol–water partition coefficient (Wildman–Crippen LogP) is 1.80. The van der Waals surface area contributed by atoms with Gasteiger partial charge >= 0.3 is 0 Å². The molecule has 2 rings (SSSR count). The van der Waals surface area contributed by atoms with E-state index in [-0.39, 0.29) is 0 Å². The van der Waals surface area contributed by atoms with Crippen molar-refractivity contribution in [3.63, 3.8) is 0 Å². The first-order valence-corrected chi connectivity index (χ1v) is 3.59. The van der Waals surface area contributed by atoms with Crippen LogP contribution in [-0.2, 0) is 0 Å². The summed E-state index contributed by atoms with van der Waals surface area (Å²) in [5.41, 5.74) is 2.92. The summed E-state index contributed by atoms with van der Waals surface area (Å²) in [5, 5.41) is 0. The van der Waals surface area contributed by atoms with Gasteiger partial charge < -0.3 is 0 Å². The lowest BCUT2D eigenvalue weighted by molar-refractivity contribution is 0.648. The number of hydrogen-bond acceptors (Lipinski definition) is 1. The van der Waals surface area contributed by atoms with Gasteiger partial charge in [-0.15, -0.1) is 0 Å². The molecule has 0 bridgehead atoms. The second kappa shape index (κ2) is 1.69. The minimum absolute atomic E-state index is 0.857. The van der Waals surface area contributed by atoms with Crippen LogP contribution in [0.2, 0.25) is 0 Å². The number of nitrogens with zero attached hydrogens (tertiary/aromatic N) is 1. The Labute approximate surface area is 55.5 Å². The van der Waals surface area contributed by atoms with E-state index in [9.17, 15) is 0 Å². The number of fused-ring (bicyclic) bond motifs is 1. The highest BCUT2D eigenvalue weighted by molar-refractivity contribution is 6.03. The highest BCUT2D eigenvalue weighted by Crippen LogP contribution is 2.29. The van der Waals surface area contributed by atoms with Gasteiger partial charge in [0.15, 0.2) is 0 Å². The number of rotatable bonds is 0. The van der Waals surface area contributed by atoms with Crippen molar-refractivity contribution >= 4 is 5.71 Å². The molecule has 0 amide bonds. The number of hydrogen-bond donors (Lipinski definition) is 0. The Morgan fingerprint density at radius 1 is 1.56 bits per heavy atom. The SMILES string of the molecule is CC1CC2=CCN=C2C1. The van der Waals surface area contributed by atoms with Gasteiger partial charge in [-0.2, -0.15) is 0 Å². The van der Waals surface area contributed by atoms with Crippen molar-refractivity contribution in [2.24, 2.45) is 10.9 Å². The summed E-state index contributed by atoms with van der Waals surface area (Å²) < 4.78 is 0. The second-order valence-electron chi connectivity index (χ2n) is 3.03. The molecule has 0 saturated heterocycles. The Morgan fingerprint density at radius 2 is 2.44 bits per heavy atom. The third kappa shape index (κ3) is 0.716. The maximum absolute atomic E-state index is 4.37. The van der Waals surface area contributed by atoms with E-state index in [0.29, 0.717) is 0 Å². The summed E-state index contributed by atoms with van der Waals surface area (Å²) in [6.07, 6.45) is 4.77. The van der Waals surface area contributed by atoms with E-state index in [0.717, 1.165) is 12.5 Å². The molecule has 0 N–H and O–H groups in total. The fourth-order valence-corrected chi connectivity index (χ4v) is 1.66. The van der Waals surface area contributed by atoms with Crippen molar-refractivity contribution < 1.29 is 0 Å². The zero-order valence-electron chi connectivity index (χ0n) is 5.72. The van der Waals surface area contributed by atoms with E-state index in [1.165, 1.54) is 24.1 Å². The van der Waals surface area contributed by atoms with Gasteiger partial charge in [-0.1, -0.05) is 13.0 Å². The molecule has 1 atom stereocenters. The molecule has 0 aromatic carbocycles. The van der Waals surface area contributed by atoms with Crippen LogP contribution in [0.3, 0.4) is 0 Å². The van der Waals surface area contributed by atoms with Crippen LogP contribution >= 0.6 is 0 Å². The number of aliphatic imine (C=N–C) groups is 1. The Kier molecular flexibility index (Phi) is 0.981. The first kappa shape index (κ1) is 5.21. The molecule has 1 aliphatic heterocycles. The highest BCUT2D eigenvalue weighted by Gasteiger charge is 2.23. The maximum atomic E-state index is 4.37. The van der Waals surface area contributed by atoms with Gasteiger partial charge in [0.25, 0.3) is 0 Å². The average Bonchev–Trinajstić information content (AvgIpc) is 2.22. The van der Waals surface area contributed by atoms with Crippen LogP contribution in [0.1, 0.15) is 19.8 Å². The largest absolute Gasteiger partial charge is 0.285 e. The summed E-state index contributed by atoms with van der Waals surface area (Å²) in [6, 6.07) is 0. The van der Waals surface area contributed by atoms with Crippen molar-refractivity contribution in [2.75, 3.05) is 6.54 Å². The molecule has 0 aromatic rings. The molecule has 1 unspecified atom stereocenters. The van der Waals surface area contributed by atoms with Gasteiger partial charge in [0.05, 0.1) is 6.54 Å². The molecule has 1 aliphatic carbocycles. The molecule has 1 heterocycles. The smallest absolute Gasteiger partial charge is 0.0580 e. The van der Waals surface area contributed by atoms with E-state index in [1.54, 1.807) is 0 Å². The van der Waals surface area contributed by atoms with Crippen molar-refractivity contribution in [1.29, 1.82) is 0 Å². The fraction of sp³-hybridized carbons (Fsp3) is 0.625. The molecule has 0 aromatic heterocycles. The van der Waals surface area contributed by atoms with E-state index in [1.807, 2.05) is 0 Å². The van der Waals surface area contributed by atoms with E-state index >= 15 is 0 Å². The predicted molar refractivity (Wildman–Crippen MR) is 38.8 cm³/mol. The van der Waals surface area contributed by atoms with Crippen LogP contribution in [-0.4, -0.2) is 12.3 Å². The van der Waals surface area contributed by atoms with E-state index in [4.69, 9.17) is 0 Å². The molecular formula is C8H11N. The summed E-state index contributed by atoms with van der Waals surface area (Å²) in [7, 11) is 0. The van der Waals surface area contributed by atoms with Gasteiger partial charge in [-0.3, -0.25) is 4.99 Å². The molecule has 1 fully saturated rings. The summed E-state index contributed by atoms with van der Waals surface area (Å²) in [6.45, 7) is 3.25. The van der Waals surface area contributed by atoms with Crippen LogP contribution in [0.4, 0.5) is 0 Å². The van der Waals surface area contributed by atoms with Crippen LogP contribution in [0.15, 0.2) is 16.6 Å². The topological polar surface area (TPSA) is 12.4 Å². The van der Waals surface area contributed by atoms with Gasteiger partial charge in [-0.05, 0) is 24.3 Å². The molecule has 2 aliphatic rings.